The molecule has 8 nitrogen and oxygen atoms in total. The maximum absolute atomic E-state index is 14.3. The molecule has 2 amide bonds. The van der Waals surface area contributed by atoms with E-state index in [0.29, 0.717) is 12.7 Å². The first kappa shape index (κ1) is 23.9. The van der Waals surface area contributed by atoms with Crippen LogP contribution in [0.25, 0.3) is 0 Å². The van der Waals surface area contributed by atoms with Gasteiger partial charge in [0.25, 0.3) is 0 Å². The van der Waals surface area contributed by atoms with Gasteiger partial charge >= 0.3 is 6.09 Å². The summed E-state index contributed by atoms with van der Waals surface area (Å²) in [6, 6.07) is 1.09. The van der Waals surface area contributed by atoms with Gasteiger partial charge in [0.1, 0.15) is 23.5 Å². The largest absolute Gasteiger partial charge is 0.505 e. The lowest BCUT2D eigenvalue weighted by Gasteiger charge is -2.37. The van der Waals surface area contributed by atoms with Crippen LogP contribution in [-0.2, 0) is 20.7 Å². The van der Waals surface area contributed by atoms with Gasteiger partial charge in [-0.25, -0.2) is 9.18 Å². The summed E-state index contributed by atoms with van der Waals surface area (Å²) in [5.41, 5.74) is 3.08. The number of phenolic OH excluding ortho intramolecular Hbond substituents is 1. The number of aldehydes is 1. The number of nitrogens with one attached hydrogen (secondary N) is 1. The minimum absolute atomic E-state index is 0.0995. The van der Waals surface area contributed by atoms with Crippen molar-refractivity contribution < 1.29 is 33.0 Å². The van der Waals surface area contributed by atoms with Crippen LogP contribution in [0.1, 0.15) is 45.6 Å². The molecule has 1 heterocycles. The molecule has 1 aliphatic carbocycles. The topological polar surface area (TPSA) is 122 Å². The molecule has 1 saturated heterocycles. The molecular weight excluding hydrogens is 424 g/mol. The molecule has 4 atom stereocenters. The van der Waals surface area contributed by atoms with E-state index in [2.05, 4.69) is 5.32 Å². The summed E-state index contributed by atoms with van der Waals surface area (Å²) >= 11 is 0. The quantitative estimate of drug-likeness (QED) is 0.567. The third-order valence-electron chi connectivity index (χ3n) is 6.07. The number of carbonyl (C=O) groups is 3. The smallest absolute Gasteiger partial charge is 0.411 e. The normalized spacial score (nSPS) is 24.2. The van der Waals surface area contributed by atoms with E-state index in [4.69, 9.17) is 10.5 Å². The van der Waals surface area contributed by atoms with Crippen molar-refractivity contribution >= 4 is 18.3 Å². The van der Waals surface area contributed by atoms with Crippen molar-refractivity contribution in [2.75, 3.05) is 6.54 Å². The van der Waals surface area contributed by atoms with Crippen molar-refractivity contribution in [3.05, 3.63) is 29.3 Å². The average Bonchev–Trinajstić information content (AvgIpc) is 3.34. The number of halogens is 2. The van der Waals surface area contributed by atoms with Crippen LogP contribution < -0.4 is 11.1 Å². The molecule has 0 aromatic heterocycles. The fourth-order valence-electron chi connectivity index (χ4n) is 4.56. The van der Waals surface area contributed by atoms with Gasteiger partial charge in [0.15, 0.2) is 11.6 Å². The van der Waals surface area contributed by atoms with Crippen LogP contribution in [0.3, 0.4) is 0 Å². The second kappa shape index (κ2) is 8.65. The van der Waals surface area contributed by atoms with E-state index in [9.17, 15) is 28.3 Å². The molecule has 1 aromatic rings. The van der Waals surface area contributed by atoms with Crippen LogP contribution >= 0.6 is 0 Å². The SMILES string of the molecule is CC(C)(C)OC(=O)N1[C@@H]2CC[C@@H](C2)[C@H]1C(=O)N[C@@](C=O)(CN)Cc1ccc(O)c(F)c1F. The van der Waals surface area contributed by atoms with E-state index in [1.54, 1.807) is 20.8 Å². The Labute approximate surface area is 185 Å². The number of aromatic hydroxyl groups is 1. The zero-order valence-corrected chi connectivity index (χ0v) is 18.4. The van der Waals surface area contributed by atoms with Crippen LogP contribution in [0, 0.1) is 17.6 Å². The van der Waals surface area contributed by atoms with Crippen LogP contribution in [0.5, 0.6) is 5.75 Å². The number of nitrogens with zero attached hydrogens (tertiary/aromatic N) is 1. The van der Waals surface area contributed by atoms with Crippen molar-refractivity contribution in [2.24, 2.45) is 11.7 Å². The molecule has 4 N–H and O–H groups in total. The Kier molecular flexibility index (Phi) is 6.46. The van der Waals surface area contributed by atoms with Crippen LogP contribution in [0.15, 0.2) is 12.1 Å². The lowest BCUT2D eigenvalue weighted by molar-refractivity contribution is -0.132. The lowest BCUT2D eigenvalue weighted by Crippen LogP contribution is -2.62. The number of benzene rings is 1. The molecule has 1 saturated carbocycles. The summed E-state index contributed by atoms with van der Waals surface area (Å²) in [5.74, 6) is -4.34. The first-order valence-electron chi connectivity index (χ1n) is 10.6. The Morgan fingerprint density at radius 1 is 1.28 bits per heavy atom. The number of phenols is 1. The van der Waals surface area contributed by atoms with Gasteiger partial charge in [0, 0.05) is 19.0 Å². The number of piperidine rings is 1. The Morgan fingerprint density at radius 3 is 2.56 bits per heavy atom. The lowest BCUT2D eigenvalue weighted by atomic mass is 9.90. The van der Waals surface area contributed by atoms with Gasteiger partial charge in [-0.3, -0.25) is 9.69 Å². The number of ether oxygens (including phenoxy) is 1. The number of likely N-dealkylation sites (tertiary alicyclic amines) is 1. The predicted molar refractivity (Wildman–Crippen MR) is 111 cm³/mol. The molecule has 2 fully saturated rings. The molecular formula is C22H29F2N3O5. The first-order chi connectivity index (χ1) is 14.9. The van der Waals surface area contributed by atoms with E-state index in [1.165, 1.54) is 4.90 Å². The standard InChI is InChI=1S/C22H29F2N3O5/c1-21(2,3)32-20(31)27-14-6-4-12(8-14)18(27)19(30)26-22(10-25,11-28)9-13-5-7-15(29)17(24)16(13)23/h5,7,11-12,14,18,29H,4,6,8-10,25H2,1-3H3,(H,26,30)/t12-,14+,18-,22+/m0/s1. The second-order valence-electron chi connectivity index (χ2n) is 9.58. The summed E-state index contributed by atoms with van der Waals surface area (Å²) in [6.45, 7) is 4.81. The number of rotatable bonds is 6. The van der Waals surface area contributed by atoms with Crippen LogP contribution in [0.4, 0.5) is 13.6 Å². The number of fused-ring (bicyclic) bond motifs is 2. The number of nitrogens with two attached hydrogens (primary N) is 1. The summed E-state index contributed by atoms with van der Waals surface area (Å²) in [7, 11) is 0. The van der Waals surface area contributed by atoms with E-state index >= 15 is 0 Å². The van der Waals surface area contributed by atoms with E-state index in [-0.39, 0.29) is 24.1 Å². The monoisotopic (exact) mass is 453 g/mol. The minimum atomic E-state index is -1.72. The highest BCUT2D eigenvalue weighted by molar-refractivity contribution is 5.90. The van der Waals surface area contributed by atoms with Crippen molar-refractivity contribution in [2.45, 2.75) is 69.7 Å². The third kappa shape index (κ3) is 4.55. The minimum Gasteiger partial charge on any atom is -0.505 e. The first-order valence-corrected chi connectivity index (χ1v) is 10.6. The molecule has 0 spiro atoms. The summed E-state index contributed by atoms with van der Waals surface area (Å²) in [5, 5.41) is 11.9. The van der Waals surface area contributed by atoms with Gasteiger partial charge in [-0.1, -0.05) is 6.07 Å². The number of hydrogen-bond donors (Lipinski definition) is 3. The molecule has 10 heteroatoms. The Balaban J connectivity index is 1.84. The zero-order valence-electron chi connectivity index (χ0n) is 18.4. The van der Waals surface area contributed by atoms with Crippen molar-refractivity contribution in [3.8, 4) is 5.75 Å². The van der Waals surface area contributed by atoms with Crippen molar-refractivity contribution in [1.29, 1.82) is 0 Å². The molecule has 0 radical (unpaired) electrons. The molecule has 0 unspecified atom stereocenters. The summed E-state index contributed by atoms with van der Waals surface area (Å²) in [6.07, 6.45) is 1.50. The molecule has 2 bridgehead atoms. The fraction of sp³-hybridized carbons (Fsp3) is 0.591. The van der Waals surface area contributed by atoms with Gasteiger partial charge in [-0.15, -0.1) is 0 Å². The Bertz CT molecular complexity index is 920. The molecule has 1 aliphatic heterocycles. The molecule has 32 heavy (non-hydrogen) atoms. The molecule has 176 valence electrons. The predicted octanol–water partition coefficient (Wildman–Crippen LogP) is 2.01. The average molecular weight is 453 g/mol. The maximum Gasteiger partial charge on any atom is 0.411 e. The van der Waals surface area contributed by atoms with Gasteiger partial charge in [-0.2, -0.15) is 4.39 Å². The number of hydrogen-bond acceptors (Lipinski definition) is 6. The van der Waals surface area contributed by atoms with Crippen LogP contribution in [0.2, 0.25) is 0 Å². The van der Waals surface area contributed by atoms with Gasteiger partial charge in [0.05, 0.1) is 0 Å². The maximum atomic E-state index is 14.3. The van der Waals surface area contributed by atoms with Crippen molar-refractivity contribution in [3.63, 3.8) is 0 Å². The van der Waals surface area contributed by atoms with Gasteiger partial charge in [-0.05, 0) is 57.6 Å². The van der Waals surface area contributed by atoms with E-state index < -0.39 is 53.0 Å². The van der Waals surface area contributed by atoms with Gasteiger partial charge < -0.3 is 25.7 Å². The van der Waals surface area contributed by atoms with Crippen LogP contribution in [-0.4, -0.2) is 58.1 Å². The number of amides is 2. The third-order valence-corrected chi connectivity index (χ3v) is 6.07. The van der Waals surface area contributed by atoms with E-state index in [1.807, 2.05) is 0 Å². The van der Waals surface area contributed by atoms with Gasteiger partial charge in [0.2, 0.25) is 11.7 Å². The highest BCUT2D eigenvalue weighted by Crippen LogP contribution is 2.43. The number of carbonyl (C=O) groups excluding carboxylic acids is 3. The fourth-order valence-corrected chi connectivity index (χ4v) is 4.56. The zero-order chi connectivity index (χ0) is 23.8. The summed E-state index contributed by atoms with van der Waals surface area (Å²) in [4.78, 5) is 39.4. The molecule has 1 aromatic carbocycles. The Hall–Kier alpha value is -2.75. The Morgan fingerprint density at radius 2 is 1.97 bits per heavy atom. The highest BCUT2D eigenvalue weighted by atomic mass is 19.2. The van der Waals surface area contributed by atoms with Crippen molar-refractivity contribution in [1.82, 2.24) is 10.2 Å². The highest BCUT2D eigenvalue weighted by Gasteiger charge is 2.53. The van der Waals surface area contributed by atoms with E-state index in [0.717, 1.165) is 25.0 Å². The second-order valence-corrected chi connectivity index (χ2v) is 9.58. The summed E-state index contributed by atoms with van der Waals surface area (Å²) < 4.78 is 33.5. The molecule has 2 aliphatic rings. The molecule has 3 rings (SSSR count).